The molecule has 2 N–H and O–H groups in total. The standard InChI is InChI=1S/C25H23FN6O2/c1-15-8-17(5-7-22(15)34-19-9-16(26)11-27-12-19)30-23-20-10-18(4-6-21(20)28-14-29-23)31-24-32-25(2,3)13-33-24/h4-12,14H,13H2,1-3H3,(H,31,32)(H,28,29,30). The molecule has 0 saturated carbocycles. The van der Waals surface area contributed by atoms with Gasteiger partial charge >= 0.3 is 0 Å². The van der Waals surface area contributed by atoms with E-state index in [1.165, 1.54) is 18.6 Å². The van der Waals surface area contributed by atoms with Gasteiger partial charge in [0.25, 0.3) is 6.02 Å². The first-order valence-electron chi connectivity index (χ1n) is 10.8. The number of aliphatic imine (C=N–C) groups is 1. The monoisotopic (exact) mass is 458 g/mol. The number of nitrogens with one attached hydrogen (secondary N) is 2. The molecule has 0 unspecified atom stereocenters. The summed E-state index contributed by atoms with van der Waals surface area (Å²) in [6.07, 6.45) is 4.12. The SMILES string of the molecule is Cc1cc(Nc2ncnc3ccc(NC4=NC(C)(C)CO4)cc23)ccc1Oc1cncc(F)c1. The van der Waals surface area contributed by atoms with Crippen molar-refractivity contribution >= 4 is 34.1 Å². The van der Waals surface area contributed by atoms with Gasteiger partial charge in [0.1, 0.15) is 36.1 Å². The molecule has 0 amide bonds. The van der Waals surface area contributed by atoms with Crippen LogP contribution in [0.3, 0.4) is 0 Å². The number of rotatable bonds is 5. The topological polar surface area (TPSA) is 93.6 Å². The molecule has 0 radical (unpaired) electrons. The Morgan fingerprint density at radius 2 is 1.82 bits per heavy atom. The van der Waals surface area contributed by atoms with Gasteiger partial charge in [-0.15, -0.1) is 0 Å². The van der Waals surface area contributed by atoms with Gasteiger partial charge < -0.3 is 20.1 Å². The van der Waals surface area contributed by atoms with Crippen molar-refractivity contribution in [2.24, 2.45) is 4.99 Å². The van der Waals surface area contributed by atoms with E-state index >= 15 is 0 Å². The molecule has 9 heteroatoms. The van der Waals surface area contributed by atoms with Gasteiger partial charge in [0, 0.05) is 22.8 Å². The molecule has 0 aliphatic carbocycles. The van der Waals surface area contributed by atoms with Crippen molar-refractivity contribution in [3.8, 4) is 11.5 Å². The quantitative estimate of drug-likeness (QED) is 0.403. The normalized spacial score (nSPS) is 14.4. The third-order valence-electron chi connectivity index (χ3n) is 5.20. The number of hydrogen-bond acceptors (Lipinski definition) is 8. The average molecular weight is 458 g/mol. The van der Waals surface area contributed by atoms with Gasteiger partial charge in [-0.25, -0.2) is 19.4 Å². The third-order valence-corrected chi connectivity index (χ3v) is 5.20. The fourth-order valence-corrected chi connectivity index (χ4v) is 3.56. The lowest BCUT2D eigenvalue weighted by Crippen LogP contribution is -2.17. The van der Waals surface area contributed by atoms with E-state index in [2.05, 4.69) is 30.6 Å². The van der Waals surface area contributed by atoms with Crippen molar-refractivity contribution in [1.82, 2.24) is 15.0 Å². The van der Waals surface area contributed by atoms with E-state index in [0.29, 0.717) is 29.9 Å². The molecule has 172 valence electrons. The molecule has 0 saturated heterocycles. The number of hydrogen-bond donors (Lipinski definition) is 2. The molecule has 34 heavy (non-hydrogen) atoms. The average Bonchev–Trinajstić information content (AvgIpc) is 3.14. The number of halogens is 1. The van der Waals surface area contributed by atoms with Crippen molar-refractivity contribution in [1.29, 1.82) is 0 Å². The molecule has 8 nitrogen and oxygen atoms in total. The number of ether oxygens (including phenoxy) is 2. The summed E-state index contributed by atoms with van der Waals surface area (Å²) in [5.74, 6) is 1.15. The van der Waals surface area contributed by atoms with Crippen LogP contribution in [0.2, 0.25) is 0 Å². The smallest absolute Gasteiger partial charge is 0.289 e. The Bertz CT molecular complexity index is 1410. The minimum absolute atomic E-state index is 0.242. The summed E-state index contributed by atoms with van der Waals surface area (Å²) in [7, 11) is 0. The summed E-state index contributed by atoms with van der Waals surface area (Å²) in [5.41, 5.74) is 3.08. The first-order chi connectivity index (χ1) is 16.3. The molecular formula is C25H23FN6O2. The number of nitrogens with zero attached hydrogens (tertiary/aromatic N) is 4. The summed E-state index contributed by atoms with van der Waals surface area (Å²) < 4.78 is 24.8. The first kappa shape index (κ1) is 21.6. The van der Waals surface area contributed by atoms with E-state index in [1.54, 1.807) is 0 Å². The van der Waals surface area contributed by atoms with E-state index in [1.807, 2.05) is 57.2 Å². The number of fused-ring (bicyclic) bond motifs is 1. The highest BCUT2D eigenvalue weighted by atomic mass is 19.1. The summed E-state index contributed by atoms with van der Waals surface area (Å²) in [5, 5.41) is 7.41. The Labute approximate surface area is 195 Å². The van der Waals surface area contributed by atoms with Crippen molar-refractivity contribution < 1.29 is 13.9 Å². The number of benzene rings is 2. The highest BCUT2D eigenvalue weighted by molar-refractivity contribution is 5.97. The van der Waals surface area contributed by atoms with E-state index in [0.717, 1.165) is 34.0 Å². The number of amidine groups is 1. The Balaban J connectivity index is 1.38. The van der Waals surface area contributed by atoms with Crippen LogP contribution >= 0.6 is 0 Å². The van der Waals surface area contributed by atoms with Gasteiger partial charge in [-0.3, -0.25) is 4.98 Å². The lowest BCUT2D eigenvalue weighted by Gasteiger charge is -2.13. The van der Waals surface area contributed by atoms with Crippen LogP contribution in [-0.2, 0) is 4.74 Å². The molecule has 3 heterocycles. The van der Waals surface area contributed by atoms with E-state index in [4.69, 9.17) is 9.47 Å². The van der Waals surface area contributed by atoms with Crippen LogP contribution in [0.25, 0.3) is 10.9 Å². The molecule has 4 aromatic rings. The zero-order chi connectivity index (χ0) is 23.7. The molecule has 0 bridgehead atoms. The molecular weight excluding hydrogens is 435 g/mol. The van der Waals surface area contributed by atoms with Gasteiger partial charge in [-0.05, 0) is 62.7 Å². The maximum absolute atomic E-state index is 13.4. The van der Waals surface area contributed by atoms with Gasteiger partial charge in [0.15, 0.2) is 0 Å². The largest absolute Gasteiger partial charge is 0.462 e. The third kappa shape index (κ3) is 4.73. The van der Waals surface area contributed by atoms with Crippen LogP contribution in [0, 0.1) is 12.7 Å². The molecule has 0 atom stereocenters. The second-order valence-electron chi connectivity index (χ2n) is 8.64. The van der Waals surface area contributed by atoms with Crippen LogP contribution < -0.4 is 15.4 Å². The molecule has 1 aliphatic heterocycles. The van der Waals surface area contributed by atoms with Crippen LogP contribution in [-0.4, -0.2) is 33.1 Å². The van der Waals surface area contributed by atoms with Crippen LogP contribution in [0.15, 0.2) is 66.2 Å². The van der Waals surface area contributed by atoms with Gasteiger partial charge in [-0.2, -0.15) is 0 Å². The second-order valence-corrected chi connectivity index (χ2v) is 8.64. The van der Waals surface area contributed by atoms with Crippen molar-refractivity contribution in [2.45, 2.75) is 26.3 Å². The summed E-state index contributed by atoms with van der Waals surface area (Å²) >= 11 is 0. The molecule has 1 aliphatic rings. The molecule has 0 spiro atoms. The zero-order valence-corrected chi connectivity index (χ0v) is 19.0. The maximum atomic E-state index is 13.4. The molecule has 5 rings (SSSR count). The Hall–Kier alpha value is -4.27. The summed E-state index contributed by atoms with van der Waals surface area (Å²) in [6.45, 7) is 6.49. The second kappa shape index (κ2) is 8.58. The highest BCUT2D eigenvalue weighted by Gasteiger charge is 2.26. The number of pyridine rings is 1. The minimum atomic E-state index is -0.451. The Morgan fingerprint density at radius 1 is 1.00 bits per heavy atom. The Morgan fingerprint density at radius 3 is 2.59 bits per heavy atom. The summed E-state index contributed by atoms with van der Waals surface area (Å²) in [4.78, 5) is 17.2. The fraction of sp³-hybridized carbons (Fsp3) is 0.200. The van der Waals surface area contributed by atoms with E-state index < -0.39 is 5.82 Å². The van der Waals surface area contributed by atoms with Crippen LogP contribution in [0.4, 0.5) is 21.6 Å². The van der Waals surface area contributed by atoms with Crippen molar-refractivity contribution in [3.05, 3.63) is 72.6 Å². The molecule has 2 aromatic heterocycles. The Kier molecular flexibility index (Phi) is 5.45. The van der Waals surface area contributed by atoms with Crippen LogP contribution in [0.5, 0.6) is 11.5 Å². The lowest BCUT2D eigenvalue weighted by molar-refractivity contribution is 0.278. The number of anilines is 3. The lowest BCUT2D eigenvalue weighted by atomic mass is 10.1. The van der Waals surface area contributed by atoms with E-state index in [9.17, 15) is 4.39 Å². The minimum Gasteiger partial charge on any atom is -0.462 e. The summed E-state index contributed by atoms with van der Waals surface area (Å²) in [6, 6.07) is 13.2. The van der Waals surface area contributed by atoms with Gasteiger partial charge in [-0.1, -0.05) is 0 Å². The van der Waals surface area contributed by atoms with Crippen molar-refractivity contribution in [3.63, 3.8) is 0 Å². The highest BCUT2D eigenvalue weighted by Crippen LogP contribution is 2.30. The predicted octanol–water partition coefficient (Wildman–Crippen LogP) is 5.58. The maximum Gasteiger partial charge on any atom is 0.289 e. The van der Waals surface area contributed by atoms with Crippen LogP contribution in [0.1, 0.15) is 19.4 Å². The number of aryl methyl sites for hydroxylation is 1. The fourth-order valence-electron chi connectivity index (χ4n) is 3.56. The predicted molar refractivity (Wildman–Crippen MR) is 129 cm³/mol. The molecule has 0 fully saturated rings. The first-order valence-corrected chi connectivity index (χ1v) is 10.8. The van der Waals surface area contributed by atoms with Crippen molar-refractivity contribution in [2.75, 3.05) is 17.2 Å². The zero-order valence-electron chi connectivity index (χ0n) is 19.0. The molecule has 2 aromatic carbocycles. The van der Waals surface area contributed by atoms with Gasteiger partial charge in [0.05, 0.1) is 23.4 Å². The number of aromatic nitrogens is 3. The van der Waals surface area contributed by atoms with Gasteiger partial charge in [0.2, 0.25) is 0 Å². The van der Waals surface area contributed by atoms with E-state index in [-0.39, 0.29) is 5.54 Å².